The van der Waals surface area contributed by atoms with Crippen LogP contribution in [0.15, 0.2) is 0 Å². The van der Waals surface area contributed by atoms with E-state index >= 15 is 0 Å². The molecular formula is C12H22ClSb. The Morgan fingerprint density at radius 1 is 0.643 bits per heavy atom. The summed E-state index contributed by atoms with van der Waals surface area (Å²) >= 11 is -1.34. The molecule has 0 aromatic heterocycles. The molecule has 14 heavy (non-hydrogen) atoms. The van der Waals surface area contributed by atoms with Crippen LogP contribution in [0.1, 0.15) is 64.2 Å². The van der Waals surface area contributed by atoms with Crippen LogP contribution >= 0.6 is 8.83 Å². The predicted molar refractivity (Wildman–Crippen MR) is 65.3 cm³/mol. The zero-order chi connectivity index (χ0) is 9.80. The van der Waals surface area contributed by atoms with Gasteiger partial charge in [0, 0.05) is 0 Å². The van der Waals surface area contributed by atoms with Crippen LogP contribution in [0, 0.1) is 0 Å². The first-order valence-corrected chi connectivity index (χ1v) is 12.5. The molecule has 2 aliphatic carbocycles. The maximum absolute atomic E-state index is 6.82. The zero-order valence-corrected chi connectivity index (χ0v) is 12.4. The third-order valence-electron chi connectivity index (χ3n) is 3.85. The first-order chi connectivity index (χ1) is 6.88. The van der Waals surface area contributed by atoms with Crippen LogP contribution in [0.25, 0.3) is 0 Å². The van der Waals surface area contributed by atoms with Gasteiger partial charge in [-0.2, -0.15) is 0 Å². The van der Waals surface area contributed by atoms with E-state index in [0.717, 1.165) is 7.73 Å². The average molecular weight is 324 g/mol. The third kappa shape index (κ3) is 3.05. The van der Waals surface area contributed by atoms with Crippen LogP contribution in [-0.2, 0) is 0 Å². The predicted octanol–water partition coefficient (Wildman–Crippen LogP) is 4.89. The minimum atomic E-state index is -1.34. The Bertz CT molecular complexity index is 142. The van der Waals surface area contributed by atoms with Crippen LogP contribution < -0.4 is 0 Å². The van der Waals surface area contributed by atoms with Crippen molar-refractivity contribution in [3.05, 3.63) is 0 Å². The van der Waals surface area contributed by atoms with Gasteiger partial charge in [-0.15, -0.1) is 0 Å². The van der Waals surface area contributed by atoms with Crippen LogP contribution in [0.4, 0.5) is 0 Å². The molecule has 2 aliphatic rings. The molecule has 2 fully saturated rings. The molecule has 0 aliphatic heterocycles. The summed E-state index contributed by atoms with van der Waals surface area (Å²) in [6.07, 6.45) is 14.8. The first-order valence-electron chi connectivity index (χ1n) is 6.32. The van der Waals surface area contributed by atoms with E-state index in [2.05, 4.69) is 0 Å². The second-order valence-corrected chi connectivity index (χ2v) is 13.7. The molecule has 0 bridgehead atoms. The Morgan fingerprint density at radius 2 is 1.00 bits per heavy atom. The fourth-order valence-electron chi connectivity index (χ4n) is 2.95. The molecule has 2 rings (SSSR count). The summed E-state index contributed by atoms with van der Waals surface area (Å²) in [5.41, 5.74) is 0. The van der Waals surface area contributed by atoms with Gasteiger partial charge in [-0.3, -0.25) is 0 Å². The Kier molecular flexibility index (Phi) is 4.96. The van der Waals surface area contributed by atoms with Crippen molar-refractivity contribution in [2.45, 2.75) is 71.9 Å². The molecule has 0 spiro atoms. The van der Waals surface area contributed by atoms with Crippen molar-refractivity contribution in [2.75, 3.05) is 0 Å². The second-order valence-electron chi connectivity index (χ2n) is 4.93. The van der Waals surface area contributed by atoms with Crippen LogP contribution in [0.3, 0.4) is 0 Å². The fraction of sp³-hybridized carbons (Fsp3) is 1.00. The molecule has 0 amide bonds. The van der Waals surface area contributed by atoms with Crippen LogP contribution in [-0.4, -0.2) is 19.1 Å². The molecule has 0 N–H and O–H groups in total. The van der Waals surface area contributed by atoms with E-state index in [4.69, 9.17) is 8.83 Å². The standard InChI is InChI=1S/2C6H11.ClH.Sb/c2*1-2-4-6-5-3-1;;/h2*1H,2-6H2;1H;/q;;;+1/p-1. The van der Waals surface area contributed by atoms with Crippen molar-refractivity contribution >= 4 is 27.9 Å². The second kappa shape index (κ2) is 6.00. The Morgan fingerprint density at radius 3 is 1.36 bits per heavy atom. The van der Waals surface area contributed by atoms with Gasteiger partial charge in [0.2, 0.25) is 0 Å². The van der Waals surface area contributed by atoms with Gasteiger partial charge in [-0.1, -0.05) is 0 Å². The summed E-state index contributed by atoms with van der Waals surface area (Å²) in [5.74, 6) is 0. The Hall–Kier alpha value is 1.11. The van der Waals surface area contributed by atoms with Gasteiger partial charge >= 0.3 is 99.8 Å². The SMILES string of the molecule is [Cl][Sb]([CH]1CCCCC1)[CH]1CCCCC1. The Labute approximate surface area is 99.4 Å². The van der Waals surface area contributed by atoms with Crippen molar-refractivity contribution in [1.82, 2.24) is 0 Å². The zero-order valence-electron chi connectivity index (χ0n) is 9.05. The van der Waals surface area contributed by atoms with E-state index in [9.17, 15) is 0 Å². The number of halogens is 1. The van der Waals surface area contributed by atoms with E-state index in [-0.39, 0.29) is 0 Å². The molecule has 2 heteroatoms. The van der Waals surface area contributed by atoms with Crippen LogP contribution in [0.2, 0.25) is 7.73 Å². The van der Waals surface area contributed by atoms with E-state index < -0.39 is 19.1 Å². The van der Waals surface area contributed by atoms with Crippen molar-refractivity contribution in [2.24, 2.45) is 0 Å². The third-order valence-corrected chi connectivity index (χ3v) is 14.5. The quantitative estimate of drug-likeness (QED) is 0.635. The van der Waals surface area contributed by atoms with Gasteiger partial charge in [-0.25, -0.2) is 0 Å². The molecule has 0 heterocycles. The van der Waals surface area contributed by atoms with E-state index in [1.165, 1.54) is 64.2 Å². The molecule has 2 saturated carbocycles. The van der Waals surface area contributed by atoms with Gasteiger partial charge in [0.1, 0.15) is 0 Å². The van der Waals surface area contributed by atoms with Gasteiger partial charge in [0.25, 0.3) is 0 Å². The van der Waals surface area contributed by atoms with Crippen molar-refractivity contribution in [3.8, 4) is 0 Å². The number of hydrogen-bond acceptors (Lipinski definition) is 0. The number of hydrogen-bond donors (Lipinski definition) is 0. The molecule has 0 aromatic carbocycles. The molecule has 0 nitrogen and oxygen atoms in total. The summed E-state index contributed by atoms with van der Waals surface area (Å²) < 4.78 is 2.08. The van der Waals surface area contributed by atoms with Gasteiger partial charge in [0.15, 0.2) is 0 Å². The minimum absolute atomic E-state index is 1.04. The monoisotopic (exact) mass is 322 g/mol. The normalized spacial score (nSPS) is 27.0. The molecule has 0 aromatic rings. The maximum atomic E-state index is 6.82. The summed E-state index contributed by atoms with van der Waals surface area (Å²) in [5, 5.41) is 0. The average Bonchev–Trinajstić information content (AvgIpc) is 2.30. The van der Waals surface area contributed by atoms with E-state index in [1.54, 1.807) is 0 Å². The van der Waals surface area contributed by atoms with E-state index in [0.29, 0.717) is 0 Å². The molecule has 0 saturated heterocycles. The molecule has 82 valence electrons. The summed E-state index contributed by atoms with van der Waals surface area (Å²) in [6.45, 7) is 0. The summed E-state index contributed by atoms with van der Waals surface area (Å²) in [7, 11) is 6.82. The summed E-state index contributed by atoms with van der Waals surface area (Å²) in [4.78, 5) is 0. The van der Waals surface area contributed by atoms with Gasteiger partial charge < -0.3 is 0 Å². The molecular weight excluding hydrogens is 301 g/mol. The fourth-order valence-corrected chi connectivity index (χ4v) is 12.2. The van der Waals surface area contributed by atoms with Crippen molar-refractivity contribution in [3.63, 3.8) is 0 Å². The topological polar surface area (TPSA) is 0 Å². The van der Waals surface area contributed by atoms with Crippen molar-refractivity contribution in [1.29, 1.82) is 0 Å². The van der Waals surface area contributed by atoms with Crippen LogP contribution in [0.5, 0.6) is 0 Å². The number of rotatable bonds is 2. The molecule has 0 atom stereocenters. The van der Waals surface area contributed by atoms with Gasteiger partial charge in [-0.05, 0) is 0 Å². The van der Waals surface area contributed by atoms with E-state index in [1.807, 2.05) is 0 Å². The van der Waals surface area contributed by atoms with Crippen molar-refractivity contribution < 1.29 is 0 Å². The molecule has 0 radical (unpaired) electrons. The summed E-state index contributed by atoms with van der Waals surface area (Å²) in [6, 6.07) is 0. The molecule has 0 unspecified atom stereocenters. The first kappa shape index (κ1) is 11.6. The van der Waals surface area contributed by atoms with Gasteiger partial charge in [0.05, 0.1) is 0 Å². The Balaban J connectivity index is 1.82.